The minimum absolute atomic E-state index is 0.293. The number of hydrogen-bond acceptors (Lipinski definition) is 6. The van der Waals surface area contributed by atoms with E-state index in [1.54, 1.807) is 36.4 Å². The topological polar surface area (TPSA) is 86.7 Å². The molecule has 0 fully saturated rings. The molecule has 0 aliphatic rings. The molecule has 7 nitrogen and oxygen atoms in total. The maximum absolute atomic E-state index is 13.3. The molecule has 3 aromatic carbocycles. The van der Waals surface area contributed by atoms with E-state index >= 15 is 0 Å². The highest BCUT2D eigenvalue weighted by molar-refractivity contribution is 9.10. The van der Waals surface area contributed by atoms with E-state index in [-0.39, 0.29) is 5.56 Å². The number of aromatic nitrogens is 2. The highest BCUT2D eigenvalue weighted by Crippen LogP contribution is 2.28. The Labute approximate surface area is 196 Å². The monoisotopic (exact) mass is 501 g/mol. The van der Waals surface area contributed by atoms with Gasteiger partial charge in [-0.05, 0) is 64.0 Å². The molecule has 0 atom stereocenters. The van der Waals surface area contributed by atoms with E-state index in [1.807, 2.05) is 36.4 Å². The van der Waals surface area contributed by atoms with Gasteiger partial charge in [-0.25, -0.2) is 4.98 Å². The second-order valence-electron chi connectivity index (χ2n) is 7.25. The molecule has 33 heavy (non-hydrogen) atoms. The number of nitrogens with zero attached hydrogens (tertiary/aromatic N) is 3. The lowest BCUT2D eigenvalue weighted by Crippen LogP contribution is -2.20. The summed E-state index contributed by atoms with van der Waals surface area (Å²) >= 11 is 3.38. The summed E-state index contributed by atoms with van der Waals surface area (Å²) in [6.45, 7) is 1.33. The van der Waals surface area contributed by atoms with Crippen LogP contribution in [0.3, 0.4) is 0 Å². The van der Waals surface area contributed by atoms with Crippen molar-refractivity contribution < 1.29 is 13.9 Å². The SMILES string of the molecule is CC(=O)Oc1ccc(C=Nn2c(-c3cc4ccccc4o3)nc3ccccc3c2=O)cc1Br. The van der Waals surface area contributed by atoms with Crippen molar-refractivity contribution in [2.24, 2.45) is 5.10 Å². The van der Waals surface area contributed by atoms with E-state index in [2.05, 4.69) is 26.0 Å². The van der Waals surface area contributed by atoms with Crippen LogP contribution in [-0.2, 0) is 4.79 Å². The number of furan rings is 1. The standard InChI is InChI=1S/C25H16BrN3O4/c1-15(30)32-22-11-10-16(12-19(22)26)14-27-29-24(23-13-17-6-2-5-9-21(17)33-23)28-20-8-4-3-7-18(20)25(29)31/h2-14H,1H3. The van der Waals surface area contributed by atoms with Crippen LogP contribution in [0, 0.1) is 0 Å². The van der Waals surface area contributed by atoms with Gasteiger partial charge >= 0.3 is 5.97 Å². The second-order valence-corrected chi connectivity index (χ2v) is 8.10. The summed E-state index contributed by atoms with van der Waals surface area (Å²) in [4.78, 5) is 29.2. The smallest absolute Gasteiger partial charge is 0.308 e. The summed E-state index contributed by atoms with van der Waals surface area (Å²) in [6, 6.07) is 21.6. The number of ether oxygens (including phenoxy) is 1. The molecule has 0 aliphatic carbocycles. The van der Waals surface area contributed by atoms with Crippen LogP contribution in [0.25, 0.3) is 33.5 Å². The van der Waals surface area contributed by atoms with Gasteiger partial charge < -0.3 is 9.15 Å². The number of esters is 1. The Morgan fingerprint density at radius 1 is 1.09 bits per heavy atom. The molecule has 0 radical (unpaired) electrons. The number of hydrogen-bond donors (Lipinski definition) is 0. The Hall–Kier alpha value is -4.04. The fraction of sp³-hybridized carbons (Fsp3) is 0.0400. The number of carbonyl (C=O) groups is 1. The third-order valence-electron chi connectivity index (χ3n) is 4.93. The highest BCUT2D eigenvalue weighted by atomic mass is 79.9. The van der Waals surface area contributed by atoms with Crippen LogP contribution >= 0.6 is 15.9 Å². The molecule has 162 valence electrons. The quantitative estimate of drug-likeness (QED) is 0.187. The summed E-state index contributed by atoms with van der Waals surface area (Å²) in [5, 5.41) is 5.78. The van der Waals surface area contributed by atoms with E-state index in [1.165, 1.54) is 17.8 Å². The average Bonchev–Trinajstić information content (AvgIpc) is 3.24. The lowest BCUT2D eigenvalue weighted by molar-refractivity contribution is -0.131. The van der Waals surface area contributed by atoms with Crippen molar-refractivity contribution in [3.8, 4) is 17.3 Å². The first kappa shape index (κ1) is 20.8. The van der Waals surface area contributed by atoms with E-state index in [0.717, 1.165) is 5.39 Å². The lowest BCUT2D eigenvalue weighted by Gasteiger charge is -2.08. The number of benzene rings is 3. The molecular weight excluding hydrogens is 486 g/mol. The molecule has 0 spiro atoms. The molecule has 5 aromatic rings. The Bertz CT molecular complexity index is 1580. The van der Waals surface area contributed by atoms with Crippen molar-refractivity contribution in [2.45, 2.75) is 6.92 Å². The Balaban J connectivity index is 1.64. The van der Waals surface area contributed by atoms with Crippen LogP contribution in [-0.4, -0.2) is 21.8 Å². The zero-order valence-corrected chi connectivity index (χ0v) is 18.9. The molecule has 0 saturated carbocycles. The third kappa shape index (κ3) is 4.08. The van der Waals surface area contributed by atoms with Gasteiger partial charge in [0.2, 0.25) is 5.82 Å². The van der Waals surface area contributed by atoms with Gasteiger partial charge in [-0.2, -0.15) is 9.78 Å². The van der Waals surface area contributed by atoms with Crippen molar-refractivity contribution in [2.75, 3.05) is 0 Å². The summed E-state index contributed by atoms with van der Waals surface area (Å²) in [5.41, 5.74) is 1.62. The molecule has 0 N–H and O–H groups in total. The van der Waals surface area contributed by atoms with Crippen molar-refractivity contribution >= 4 is 50.0 Å². The molecule has 2 aromatic heterocycles. The maximum atomic E-state index is 13.3. The number of fused-ring (bicyclic) bond motifs is 2. The average molecular weight is 502 g/mol. The number of halogens is 1. The first-order chi connectivity index (χ1) is 16.0. The predicted molar refractivity (Wildman–Crippen MR) is 130 cm³/mol. The lowest BCUT2D eigenvalue weighted by atomic mass is 10.2. The molecule has 5 rings (SSSR count). The van der Waals surface area contributed by atoms with Crippen molar-refractivity contribution in [3.05, 3.63) is 93.2 Å². The van der Waals surface area contributed by atoms with Crippen molar-refractivity contribution in [1.29, 1.82) is 0 Å². The molecular formula is C25H16BrN3O4. The van der Waals surface area contributed by atoms with Crippen LogP contribution in [0.1, 0.15) is 12.5 Å². The van der Waals surface area contributed by atoms with Gasteiger partial charge in [0.05, 0.1) is 21.6 Å². The maximum Gasteiger partial charge on any atom is 0.308 e. The zero-order chi connectivity index (χ0) is 22.9. The largest absolute Gasteiger partial charge is 0.453 e. The van der Waals surface area contributed by atoms with Gasteiger partial charge in [0.25, 0.3) is 5.56 Å². The van der Waals surface area contributed by atoms with E-state index in [4.69, 9.17) is 9.15 Å². The van der Waals surface area contributed by atoms with Crippen molar-refractivity contribution in [1.82, 2.24) is 9.66 Å². The van der Waals surface area contributed by atoms with E-state index < -0.39 is 5.97 Å². The summed E-state index contributed by atoms with van der Waals surface area (Å²) < 4.78 is 12.9. The number of rotatable bonds is 4. The van der Waals surface area contributed by atoms with E-state index in [9.17, 15) is 9.59 Å². The molecule has 2 heterocycles. The van der Waals surface area contributed by atoms with E-state index in [0.29, 0.717) is 43.9 Å². The highest BCUT2D eigenvalue weighted by Gasteiger charge is 2.16. The first-order valence-corrected chi connectivity index (χ1v) is 10.8. The molecule has 0 amide bonds. The summed E-state index contributed by atoms with van der Waals surface area (Å²) in [6.07, 6.45) is 1.53. The Kier molecular flexibility index (Phi) is 5.35. The van der Waals surface area contributed by atoms with Gasteiger partial charge in [0, 0.05) is 12.3 Å². The Morgan fingerprint density at radius 2 is 1.88 bits per heavy atom. The van der Waals surface area contributed by atoms with Crippen LogP contribution in [0.15, 0.2) is 91.6 Å². The fourth-order valence-electron chi connectivity index (χ4n) is 3.44. The molecule has 0 aliphatic heterocycles. The predicted octanol–water partition coefficient (Wildman–Crippen LogP) is 5.38. The number of carbonyl (C=O) groups excluding carboxylic acids is 1. The summed E-state index contributed by atoms with van der Waals surface area (Å²) in [5.74, 6) is 0.706. The molecule has 8 heteroatoms. The van der Waals surface area contributed by atoms with Gasteiger partial charge in [0.15, 0.2) is 5.76 Å². The van der Waals surface area contributed by atoms with Gasteiger partial charge in [0.1, 0.15) is 11.3 Å². The van der Waals surface area contributed by atoms with Crippen LogP contribution in [0.5, 0.6) is 5.75 Å². The Morgan fingerprint density at radius 3 is 2.67 bits per heavy atom. The minimum atomic E-state index is -0.415. The second kappa shape index (κ2) is 8.48. The fourth-order valence-corrected chi connectivity index (χ4v) is 3.92. The van der Waals surface area contributed by atoms with Gasteiger partial charge in [-0.1, -0.05) is 30.3 Å². The van der Waals surface area contributed by atoms with Gasteiger partial charge in [-0.15, -0.1) is 0 Å². The number of para-hydroxylation sites is 2. The van der Waals surface area contributed by atoms with Crippen LogP contribution < -0.4 is 10.3 Å². The van der Waals surface area contributed by atoms with Crippen LogP contribution in [0.2, 0.25) is 0 Å². The van der Waals surface area contributed by atoms with Crippen LogP contribution in [0.4, 0.5) is 0 Å². The normalized spacial score (nSPS) is 11.5. The van der Waals surface area contributed by atoms with Gasteiger partial charge in [-0.3, -0.25) is 9.59 Å². The zero-order valence-electron chi connectivity index (χ0n) is 17.4. The molecule has 0 saturated heterocycles. The first-order valence-electron chi connectivity index (χ1n) is 10.0. The third-order valence-corrected chi connectivity index (χ3v) is 5.55. The van der Waals surface area contributed by atoms with Crippen molar-refractivity contribution in [3.63, 3.8) is 0 Å². The molecule has 0 bridgehead atoms. The minimum Gasteiger partial charge on any atom is -0.453 e. The summed E-state index contributed by atoms with van der Waals surface area (Å²) in [7, 11) is 0. The molecule has 0 unspecified atom stereocenters.